The third-order valence-corrected chi connectivity index (χ3v) is 2.26. The van der Waals surface area contributed by atoms with Gasteiger partial charge in [0.25, 0.3) is 0 Å². The molecule has 0 unspecified atom stereocenters. The van der Waals surface area contributed by atoms with Crippen LogP contribution in [0.15, 0.2) is 24.4 Å². The lowest BCUT2D eigenvalue weighted by atomic mass is 10.1. The number of rotatable bonds is 3. The van der Waals surface area contributed by atoms with Crippen molar-refractivity contribution in [3.8, 4) is 0 Å². The number of H-pyrrole nitrogens is 1. The molecular weight excluding hydrogens is 213 g/mol. The number of aromatic amines is 1. The summed E-state index contributed by atoms with van der Waals surface area (Å²) in [6.07, 6.45) is 2.23. The Labute approximate surface area is 90.0 Å². The SMILES string of the molecule is O=Cc1c[nH]c2ccc(C(=O)OCF)cc12. The van der Waals surface area contributed by atoms with Gasteiger partial charge in [0.1, 0.15) is 0 Å². The second-order valence-corrected chi connectivity index (χ2v) is 3.16. The number of carbonyl (C=O) groups excluding carboxylic acids is 2. The summed E-state index contributed by atoms with van der Waals surface area (Å²) in [6.45, 7) is -1.16. The number of nitrogens with one attached hydrogen (secondary N) is 1. The number of hydrogen-bond donors (Lipinski definition) is 1. The molecule has 0 saturated heterocycles. The highest BCUT2D eigenvalue weighted by atomic mass is 19.1. The van der Waals surface area contributed by atoms with Crippen molar-refractivity contribution in [3.63, 3.8) is 0 Å². The molecule has 0 aliphatic carbocycles. The van der Waals surface area contributed by atoms with Crippen molar-refractivity contribution in [2.75, 3.05) is 6.86 Å². The largest absolute Gasteiger partial charge is 0.430 e. The van der Waals surface area contributed by atoms with Gasteiger partial charge in [0.2, 0.25) is 6.86 Å². The van der Waals surface area contributed by atoms with Crippen molar-refractivity contribution < 1.29 is 18.7 Å². The lowest BCUT2D eigenvalue weighted by molar-refractivity contribution is 0.0324. The molecule has 0 atom stereocenters. The smallest absolute Gasteiger partial charge is 0.340 e. The zero-order valence-corrected chi connectivity index (χ0v) is 8.20. The molecule has 1 aromatic heterocycles. The quantitative estimate of drug-likeness (QED) is 0.637. The predicted octanol–water partition coefficient (Wildman–Crippen LogP) is 2.06. The summed E-state index contributed by atoms with van der Waals surface area (Å²) in [5.41, 5.74) is 1.40. The molecule has 0 amide bonds. The Morgan fingerprint density at radius 3 is 3.00 bits per heavy atom. The van der Waals surface area contributed by atoms with Gasteiger partial charge < -0.3 is 9.72 Å². The molecule has 0 bridgehead atoms. The normalized spacial score (nSPS) is 10.3. The Hall–Kier alpha value is -2.17. The molecule has 1 aromatic carbocycles. The van der Waals surface area contributed by atoms with E-state index in [0.717, 1.165) is 5.52 Å². The summed E-state index contributed by atoms with van der Waals surface area (Å²) in [5, 5.41) is 0.614. The lowest BCUT2D eigenvalue weighted by Gasteiger charge is -2.00. The number of aromatic nitrogens is 1. The minimum atomic E-state index is -1.16. The summed E-state index contributed by atoms with van der Waals surface area (Å²) in [5.74, 6) is -0.748. The van der Waals surface area contributed by atoms with Crippen LogP contribution in [0.2, 0.25) is 0 Å². The fourth-order valence-electron chi connectivity index (χ4n) is 1.50. The third kappa shape index (κ3) is 1.67. The van der Waals surface area contributed by atoms with E-state index in [1.54, 1.807) is 12.3 Å². The van der Waals surface area contributed by atoms with Crippen molar-refractivity contribution in [2.24, 2.45) is 0 Å². The standard InChI is InChI=1S/C11H8FNO3/c12-6-16-11(15)7-1-2-10-9(3-7)8(5-14)4-13-10/h1-5,13H,6H2. The molecule has 16 heavy (non-hydrogen) atoms. The van der Waals surface area contributed by atoms with Crippen LogP contribution in [0.3, 0.4) is 0 Å². The van der Waals surface area contributed by atoms with Gasteiger partial charge in [-0.1, -0.05) is 0 Å². The van der Waals surface area contributed by atoms with E-state index in [1.807, 2.05) is 0 Å². The van der Waals surface area contributed by atoms with E-state index in [0.29, 0.717) is 17.2 Å². The Kier molecular flexibility index (Phi) is 2.68. The first kappa shape index (κ1) is 10.4. The molecule has 0 saturated carbocycles. The molecule has 0 aliphatic heterocycles. The molecule has 5 heteroatoms. The average Bonchev–Trinajstić information content (AvgIpc) is 2.71. The van der Waals surface area contributed by atoms with Crippen molar-refractivity contribution in [1.29, 1.82) is 0 Å². The Morgan fingerprint density at radius 1 is 1.50 bits per heavy atom. The van der Waals surface area contributed by atoms with Crippen LogP contribution in [-0.2, 0) is 4.74 Å². The van der Waals surface area contributed by atoms with Gasteiger partial charge in [-0.3, -0.25) is 4.79 Å². The van der Waals surface area contributed by atoms with Crippen molar-refractivity contribution in [3.05, 3.63) is 35.5 Å². The summed E-state index contributed by atoms with van der Waals surface area (Å²) < 4.78 is 16.0. The zero-order chi connectivity index (χ0) is 11.5. The van der Waals surface area contributed by atoms with E-state index < -0.39 is 12.8 Å². The Morgan fingerprint density at radius 2 is 2.31 bits per heavy atom. The molecule has 1 N–H and O–H groups in total. The van der Waals surface area contributed by atoms with Gasteiger partial charge in [0, 0.05) is 22.7 Å². The number of esters is 1. The second-order valence-electron chi connectivity index (χ2n) is 3.16. The highest BCUT2D eigenvalue weighted by molar-refractivity contribution is 6.01. The van der Waals surface area contributed by atoms with Crippen molar-refractivity contribution in [1.82, 2.24) is 4.98 Å². The van der Waals surface area contributed by atoms with Crippen molar-refractivity contribution >= 4 is 23.2 Å². The molecule has 0 spiro atoms. The van der Waals surface area contributed by atoms with E-state index >= 15 is 0 Å². The van der Waals surface area contributed by atoms with Crippen LogP contribution in [0, 0.1) is 0 Å². The summed E-state index contributed by atoms with van der Waals surface area (Å²) in [7, 11) is 0. The Bertz CT molecular complexity index is 547. The summed E-state index contributed by atoms with van der Waals surface area (Å²) >= 11 is 0. The summed E-state index contributed by atoms with van der Waals surface area (Å²) in [6, 6.07) is 4.64. The maximum absolute atomic E-state index is 11.8. The first-order chi connectivity index (χ1) is 7.76. The number of ether oxygens (including phenoxy) is 1. The minimum Gasteiger partial charge on any atom is -0.430 e. The number of fused-ring (bicyclic) bond motifs is 1. The van der Waals surface area contributed by atoms with Gasteiger partial charge in [-0.2, -0.15) is 0 Å². The number of aldehydes is 1. The molecule has 4 nitrogen and oxygen atoms in total. The van der Waals surface area contributed by atoms with Gasteiger partial charge >= 0.3 is 5.97 Å². The van der Waals surface area contributed by atoms with Gasteiger partial charge in [0.15, 0.2) is 6.29 Å². The lowest BCUT2D eigenvalue weighted by Crippen LogP contribution is -2.03. The van der Waals surface area contributed by atoms with Crippen molar-refractivity contribution in [2.45, 2.75) is 0 Å². The minimum absolute atomic E-state index is 0.216. The van der Waals surface area contributed by atoms with E-state index in [2.05, 4.69) is 9.72 Å². The van der Waals surface area contributed by atoms with Crippen LogP contribution in [0.25, 0.3) is 10.9 Å². The van der Waals surface area contributed by atoms with E-state index in [-0.39, 0.29) is 5.56 Å². The van der Waals surface area contributed by atoms with Crippen LogP contribution in [0.4, 0.5) is 4.39 Å². The molecule has 1 heterocycles. The maximum Gasteiger partial charge on any atom is 0.340 e. The first-order valence-electron chi connectivity index (χ1n) is 4.55. The third-order valence-electron chi connectivity index (χ3n) is 2.26. The molecular formula is C11H8FNO3. The number of benzene rings is 1. The molecule has 0 aliphatic rings. The van der Waals surface area contributed by atoms with Crippen LogP contribution in [-0.4, -0.2) is 24.1 Å². The molecule has 82 valence electrons. The topological polar surface area (TPSA) is 59.2 Å². The van der Waals surface area contributed by atoms with Crippen LogP contribution >= 0.6 is 0 Å². The number of carbonyl (C=O) groups is 2. The molecule has 0 radical (unpaired) electrons. The van der Waals surface area contributed by atoms with Gasteiger partial charge in [-0.25, -0.2) is 9.18 Å². The van der Waals surface area contributed by atoms with E-state index in [9.17, 15) is 14.0 Å². The summed E-state index contributed by atoms with van der Waals surface area (Å²) in [4.78, 5) is 24.8. The maximum atomic E-state index is 11.8. The first-order valence-corrected chi connectivity index (χ1v) is 4.55. The Balaban J connectivity index is 2.49. The predicted molar refractivity (Wildman–Crippen MR) is 55.1 cm³/mol. The highest BCUT2D eigenvalue weighted by Crippen LogP contribution is 2.19. The fraction of sp³-hybridized carbons (Fsp3) is 0.0909. The highest BCUT2D eigenvalue weighted by Gasteiger charge is 2.10. The monoisotopic (exact) mass is 221 g/mol. The number of hydrogen-bond acceptors (Lipinski definition) is 3. The van der Waals surface area contributed by atoms with Crippen LogP contribution in [0.1, 0.15) is 20.7 Å². The zero-order valence-electron chi connectivity index (χ0n) is 8.20. The van der Waals surface area contributed by atoms with Crippen LogP contribution in [0.5, 0.6) is 0 Å². The van der Waals surface area contributed by atoms with Crippen LogP contribution < -0.4 is 0 Å². The number of alkyl halides is 1. The van der Waals surface area contributed by atoms with Gasteiger partial charge in [-0.05, 0) is 18.2 Å². The van der Waals surface area contributed by atoms with Gasteiger partial charge in [-0.15, -0.1) is 0 Å². The molecule has 0 fully saturated rings. The van der Waals surface area contributed by atoms with E-state index in [1.165, 1.54) is 12.1 Å². The average molecular weight is 221 g/mol. The molecule has 2 aromatic rings. The van der Waals surface area contributed by atoms with Gasteiger partial charge in [0.05, 0.1) is 5.56 Å². The second kappa shape index (κ2) is 4.14. The number of halogens is 1. The van der Waals surface area contributed by atoms with E-state index in [4.69, 9.17) is 0 Å². The molecule has 2 rings (SSSR count). The fourth-order valence-corrected chi connectivity index (χ4v) is 1.50.